The van der Waals surface area contributed by atoms with Crippen LogP contribution in [0.1, 0.15) is 11.3 Å². The van der Waals surface area contributed by atoms with Crippen molar-refractivity contribution in [1.82, 2.24) is 20.1 Å². The fourth-order valence-corrected chi connectivity index (χ4v) is 2.29. The van der Waals surface area contributed by atoms with E-state index in [0.29, 0.717) is 25.3 Å². The number of allylic oxidation sites excluding steroid dienone is 2. The van der Waals surface area contributed by atoms with Crippen molar-refractivity contribution in [3.8, 4) is 0 Å². The molecule has 6 heteroatoms. The molecule has 0 amide bonds. The van der Waals surface area contributed by atoms with Crippen LogP contribution in [-0.4, -0.2) is 26.6 Å². The maximum absolute atomic E-state index is 12.0. The van der Waals surface area contributed by atoms with E-state index in [1.165, 1.54) is 0 Å². The minimum atomic E-state index is -0.326. The quantitative estimate of drug-likeness (QED) is 0.726. The fraction of sp³-hybridized carbons (Fsp3) is 0.167. The summed E-state index contributed by atoms with van der Waals surface area (Å²) in [5.74, 6) is 0.0108. The number of H-pyrrole nitrogens is 1. The molecule has 0 bridgehead atoms. The van der Waals surface area contributed by atoms with Gasteiger partial charge in [0.25, 0.3) is 5.56 Å². The van der Waals surface area contributed by atoms with Crippen LogP contribution in [-0.2, 0) is 13.1 Å². The van der Waals surface area contributed by atoms with Crippen LogP contribution < -0.4 is 11.3 Å². The number of rotatable bonds is 8. The highest BCUT2D eigenvalue weighted by atomic mass is 16.1. The molecule has 0 saturated heterocycles. The van der Waals surface area contributed by atoms with Crippen molar-refractivity contribution >= 4 is 5.95 Å². The zero-order valence-corrected chi connectivity index (χ0v) is 13.5. The van der Waals surface area contributed by atoms with Gasteiger partial charge in [-0.15, -0.1) is 10.2 Å². The van der Waals surface area contributed by atoms with Gasteiger partial charge in [0.05, 0.1) is 0 Å². The number of nitrogens with one attached hydrogen (secondary N) is 1. The van der Waals surface area contributed by atoms with Gasteiger partial charge in [-0.25, -0.2) is 0 Å². The Balaban J connectivity index is 2.24. The van der Waals surface area contributed by atoms with E-state index in [1.807, 2.05) is 36.4 Å². The van der Waals surface area contributed by atoms with Gasteiger partial charge in [-0.3, -0.25) is 14.7 Å². The van der Waals surface area contributed by atoms with Gasteiger partial charge >= 0.3 is 0 Å². The summed E-state index contributed by atoms with van der Waals surface area (Å²) in [6.07, 6.45) is 5.38. The van der Waals surface area contributed by atoms with Crippen LogP contribution in [0.3, 0.4) is 0 Å². The van der Waals surface area contributed by atoms with Crippen molar-refractivity contribution in [1.29, 1.82) is 0 Å². The lowest BCUT2D eigenvalue weighted by molar-refractivity contribution is 0.275. The number of aromatic amines is 1. The SMILES string of the molecule is C=C/C=C(\C=C)CN(Cc1ccccc1)Cc1nnc(N)[nH]c1=O. The Morgan fingerprint density at radius 1 is 1.21 bits per heavy atom. The first-order valence-electron chi connectivity index (χ1n) is 7.54. The Hall–Kier alpha value is -2.99. The summed E-state index contributed by atoms with van der Waals surface area (Å²) in [4.78, 5) is 16.5. The second-order valence-corrected chi connectivity index (χ2v) is 5.30. The molecule has 1 heterocycles. The number of aromatic nitrogens is 3. The van der Waals surface area contributed by atoms with Crippen molar-refractivity contribution in [2.75, 3.05) is 12.3 Å². The predicted molar refractivity (Wildman–Crippen MR) is 96.1 cm³/mol. The van der Waals surface area contributed by atoms with Crippen LogP contribution in [0.5, 0.6) is 0 Å². The highest BCUT2D eigenvalue weighted by Gasteiger charge is 2.12. The second-order valence-electron chi connectivity index (χ2n) is 5.30. The van der Waals surface area contributed by atoms with Crippen LogP contribution in [0.15, 0.2) is 72.1 Å². The summed E-state index contributed by atoms with van der Waals surface area (Å²) in [7, 11) is 0. The zero-order chi connectivity index (χ0) is 17.4. The largest absolute Gasteiger partial charge is 0.368 e. The van der Waals surface area contributed by atoms with Crippen LogP contribution >= 0.6 is 0 Å². The first-order valence-corrected chi connectivity index (χ1v) is 7.54. The van der Waals surface area contributed by atoms with Gasteiger partial charge < -0.3 is 5.73 Å². The smallest absolute Gasteiger partial charge is 0.275 e. The standard InChI is InChI=1S/C18H21N5O/c1-3-8-14(4-2)11-23(12-15-9-6-5-7-10-15)13-16-17(24)20-18(19)22-21-16/h3-10H,1-2,11-13H2,(H3,19,20,22,24)/b14-8+. The Morgan fingerprint density at radius 3 is 2.58 bits per heavy atom. The third-order valence-electron chi connectivity index (χ3n) is 3.40. The highest BCUT2D eigenvalue weighted by Crippen LogP contribution is 2.10. The maximum atomic E-state index is 12.0. The molecule has 1 aromatic carbocycles. The number of nitrogen functional groups attached to an aromatic ring is 1. The molecule has 0 aliphatic rings. The number of benzene rings is 1. The van der Waals surface area contributed by atoms with Gasteiger partial charge in [0.2, 0.25) is 5.95 Å². The Labute approximate surface area is 141 Å². The zero-order valence-electron chi connectivity index (χ0n) is 13.5. The molecule has 0 radical (unpaired) electrons. The first kappa shape index (κ1) is 17.4. The minimum Gasteiger partial charge on any atom is -0.368 e. The molecule has 0 spiro atoms. The summed E-state index contributed by atoms with van der Waals surface area (Å²) in [5.41, 5.74) is 7.58. The predicted octanol–water partition coefficient (Wildman–Crippen LogP) is 2.05. The fourth-order valence-electron chi connectivity index (χ4n) is 2.29. The molecular weight excluding hydrogens is 302 g/mol. The third kappa shape index (κ3) is 5.03. The van der Waals surface area contributed by atoms with Crippen LogP contribution in [0, 0.1) is 0 Å². The van der Waals surface area contributed by atoms with Gasteiger partial charge in [-0.2, -0.15) is 0 Å². The van der Waals surface area contributed by atoms with Crippen LogP contribution in [0.2, 0.25) is 0 Å². The summed E-state index contributed by atoms with van der Waals surface area (Å²) in [5, 5.41) is 7.64. The van der Waals surface area contributed by atoms with E-state index in [0.717, 1.165) is 11.1 Å². The van der Waals surface area contributed by atoms with Crippen LogP contribution in [0.25, 0.3) is 0 Å². The van der Waals surface area contributed by atoms with Gasteiger partial charge in [0.1, 0.15) is 5.69 Å². The van der Waals surface area contributed by atoms with Crippen molar-refractivity contribution in [3.63, 3.8) is 0 Å². The maximum Gasteiger partial charge on any atom is 0.275 e. The van der Waals surface area contributed by atoms with E-state index in [2.05, 4.69) is 33.2 Å². The van der Waals surface area contributed by atoms with Crippen molar-refractivity contribution in [2.45, 2.75) is 13.1 Å². The number of nitrogens with zero attached hydrogens (tertiary/aromatic N) is 3. The van der Waals surface area contributed by atoms with Gasteiger partial charge in [0.15, 0.2) is 0 Å². The van der Waals surface area contributed by atoms with Gasteiger partial charge in [-0.1, -0.05) is 61.7 Å². The van der Waals surface area contributed by atoms with Gasteiger partial charge in [-0.05, 0) is 11.1 Å². The molecule has 0 fully saturated rings. The second kappa shape index (κ2) is 8.59. The lowest BCUT2D eigenvalue weighted by Gasteiger charge is -2.22. The lowest BCUT2D eigenvalue weighted by atomic mass is 10.1. The van der Waals surface area contributed by atoms with E-state index < -0.39 is 0 Å². The molecule has 1 aromatic heterocycles. The van der Waals surface area contributed by atoms with Crippen molar-refractivity contribution in [2.24, 2.45) is 0 Å². The van der Waals surface area contributed by atoms with E-state index >= 15 is 0 Å². The monoisotopic (exact) mass is 323 g/mol. The summed E-state index contributed by atoms with van der Waals surface area (Å²) < 4.78 is 0. The topological polar surface area (TPSA) is 87.9 Å². The average molecular weight is 323 g/mol. The van der Waals surface area contributed by atoms with Gasteiger partial charge in [0, 0.05) is 19.6 Å². The normalized spacial score (nSPS) is 11.5. The molecule has 0 atom stereocenters. The highest BCUT2D eigenvalue weighted by molar-refractivity contribution is 5.23. The van der Waals surface area contributed by atoms with E-state index in [-0.39, 0.29) is 11.5 Å². The first-order chi connectivity index (χ1) is 11.6. The molecule has 0 aliphatic heterocycles. The molecule has 6 nitrogen and oxygen atoms in total. The summed E-state index contributed by atoms with van der Waals surface area (Å²) in [6, 6.07) is 10.0. The average Bonchev–Trinajstić information content (AvgIpc) is 2.57. The van der Waals surface area contributed by atoms with E-state index in [1.54, 1.807) is 12.2 Å². The van der Waals surface area contributed by atoms with Crippen molar-refractivity contribution in [3.05, 3.63) is 88.9 Å². The van der Waals surface area contributed by atoms with E-state index in [4.69, 9.17) is 5.73 Å². The molecule has 0 saturated carbocycles. The minimum absolute atomic E-state index is 0.0108. The lowest BCUT2D eigenvalue weighted by Crippen LogP contribution is -2.30. The van der Waals surface area contributed by atoms with E-state index in [9.17, 15) is 4.79 Å². The number of nitrogens with two attached hydrogens (primary N) is 1. The molecule has 24 heavy (non-hydrogen) atoms. The van der Waals surface area contributed by atoms with Crippen molar-refractivity contribution < 1.29 is 0 Å². The Bertz CT molecular complexity index is 779. The molecule has 0 aliphatic carbocycles. The van der Waals surface area contributed by atoms with Crippen LogP contribution in [0.4, 0.5) is 5.95 Å². The Morgan fingerprint density at radius 2 is 1.96 bits per heavy atom. The number of hydrogen-bond acceptors (Lipinski definition) is 5. The number of anilines is 1. The molecule has 2 rings (SSSR count). The third-order valence-corrected chi connectivity index (χ3v) is 3.40. The molecule has 2 aromatic rings. The molecule has 0 unspecified atom stereocenters. The summed E-state index contributed by atoms with van der Waals surface area (Å²) >= 11 is 0. The molecule has 124 valence electrons. The molecular formula is C18H21N5O. The summed E-state index contributed by atoms with van der Waals surface area (Å²) in [6.45, 7) is 9.15. The number of hydrogen-bond donors (Lipinski definition) is 2. The molecule has 3 N–H and O–H groups in total. The Kier molecular flexibility index (Phi) is 6.22.